The van der Waals surface area contributed by atoms with Crippen LogP contribution in [0.15, 0.2) is 30.3 Å². The first kappa shape index (κ1) is 19.1. The molecule has 27 heavy (non-hydrogen) atoms. The normalized spacial score (nSPS) is 14.9. The van der Waals surface area contributed by atoms with Gasteiger partial charge >= 0.3 is 5.97 Å². The number of amides is 1. The first-order valence-corrected chi connectivity index (χ1v) is 9.51. The molecule has 0 bridgehead atoms. The van der Waals surface area contributed by atoms with Crippen LogP contribution in [0, 0.1) is 5.92 Å². The van der Waals surface area contributed by atoms with Gasteiger partial charge in [0.05, 0.1) is 0 Å². The Hall–Kier alpha value is -2.63. The molecule has 0 radical (unpaired) electrons. The topological polar surface area (TPSA) is 75.4 Å². The molecule has 1 amide bonds. The van der Waals surface area contributed by atoms with Gasteiger partial charge in [-0.25, -0.2) is 4.79 Å². The van der Waals surface area contributed by atoms with Crippen LogP contribution in [-0.4, -0.2) is 38.2 Å². The zero-order valence-electron chi connectivity index (χ0n) is 16.2. The summed E-state index contributed by atoms with van der Waals surface area (Å²) in [5.74, 6) is -0.463. The van der Waals surface area contributed by atoms with Crippen molar-refractivity contribution < 1.29 is 14.7 Å². The number of carbonyl (C=O) groups excluding carboxylic acids is 1. The highest BCUT2D eigenvalue weighted by atomic mass is 16.4. The average Bonchev–Trinajstić information content (AvgIpc) is 2.99. The fourth-order valence-electron chi connectivity index (χ4n) is 3.66. The summed E-state index contributed by atoms with van der Waals surface area (Å²) in [4.78, 5) is 26.2. The van der Waals surface area contributed by atoms with Gasteiger partial charge in [-0.05, 0) is 17.4 Å². The van der Waals surface area contributed by atoms with Crippen LogP contribution >= 0.6 is 0 Å². The van der Waals surface area contributed by atoms with Gasteiger partial charge in [-0.1, -0.05) is 51.1 Å². The maximum atomic E-state index is 12.8. The summed E-state index contributed by atoms with van der Waals surface area (Å²) in [7, 11) is 0. The van der Waals surface area contributed by atoms with Crippen molar-refractivity contribution in [1.29, 1.82) is 0 Å². The molecule has 1 N–H and O–H groups in total. The molecule has 6 heteroatoms. The molecule has 1 aromatic carbocycles. The SMILES string of the molecule is CC(C)Cn1nc(C(=O)O)c2c1CCN(C(=O)C[C@@H](C)c1ccccc1)C2. The molecule has 0 saturated heterocycles. The van der Waals surface area contributed by atoms with E-state index in [9.17, 15) is 14.7 Å². The Morgan fingerprint density at radius 3 is 2.52 bits per heavy atom. The molecule has 6 nitrogen and oxygen atoms in total. The van der Waals surface area contributed by atoms with Gasteiger partial charge in [-0.15, -0.1) is 0 Å². The summed E-state index contributed by atoms with van der Waals surface area (Å²) in [6.45, 7) is 7.84. The van der Waals surface area contributed by atoms with Crippen molar-refractivity contribution in [2.75, 3.05) is 6.54 Å². The van der Waals surface area contributed by atoms with E-state index in [0.717, 1.165) is 11.3 Å². The van der Waals surface area contributed by atoms with E-state index in [1.54, 1.807) is 4.90 Å². The second kappa shape index (κ2) is 7.94. The van der Waals surface area contributed by atoms with Crippen LogP contribution in [0.25, 0.3) is 0 Å². The second-order valence-corrected chi connectivity index (χ2v) is 7.74. The summed E-state index contributed by atoms with van der Waals surface area (Å²) < 4.78 is 1.82. The molecule has 1 aliphatic rings. The van der Waals surface area contributed by atoms with E-state index in [1.165, 1.54) is 0 Å². The van der Waals surface area contributed by atoms with Gasteiger partial charge in [0.25, 0.3) is 0 Å². The Bertz CT molecular complexity index is 827. The van der Waals surface area contributed by atoms with Crippen molar-refractivity contribution in [2.45, 2.75) is 52.6 Å². The Balaban J connectivity index is 1.76. The van der Waals surface area contributed by atoms with E-state index < -0.39 is 5.97 Å². The van der Waals surface area contributed by atoms with E-state index >= 15 is 0 Å². The zero-order valence-corrected chi connectivity index (χ0v) is 16.2. The number of fused-ring (bicyclic) bond motifs is 1. The van der Waals surface area contributed by atoms with Crippen molar-refractivity contribution in [3.8, 4) is 0 Å². The van der Waals surface area contributed by atoms with E-state index in [-0.39, 0.29) is 17.5 Å². The zero-order chi connectivity index (χ0) is 19.6. The lowest BCUT2D eigenvalue weighted by Gasteiger charge is -2.29. The number of carbonyl (C=O) groups is 2. The fourth-order valence-corrected chi connectivity index (χ4v) is 3.66. The number of carboxylic acids is 1. The van der Waals surface area contributed by atoms with E-state index in [1.807, 2.05) is 41.9 Å². The van der Waals surface area contributed by atoms with Crippen molar-refractivity contribution in [3.05, 3.63) is 52.8 Å². The van der Waals surface area contributed by atoms with Crippen LogP contribution < -0.4 is 0 Å². The molecule has 1 aliphatic heterocycles. The summed E-state index contributed by atoms with van der Waals surface area (Å²) in [5, 5.41) is 13.8. The van der Waals surface area contributed by atoms with E-state index in [0.29, 0.717) is 44.0 Å². The number of hydrogen-bond donors (Lipinski definition) is 1. The fraction of sp³-hybridized carbons (Fsp3) is 0.476. The predicted octanol–water partition coefficient (Wildman–Crippen LogP) is 3.32. The quantitative estimate of drug-likeness (QED) is 0.847. The van der Waals surface area contributed by atoms with Gasteiger partial charge in [0.2, 0.25) is 5.91 Å². The second-order valence-electron chi connectivity index (χ2n) is 7.74. The highest BCUT2D eigenvalue weighted by Crippen LogP contribution is 2.26. The Kier molecular flexibility index (Phi) is 5.63. The van der Waals surface area contributed by atoms with Gasteiger partial charge in [-0.2, -0.15) is 5.10 Å². The Labute approximate surface area is 159 Å². The lowest BCUT2D eigenvalue weighted by molar-refractivity contribution is -0.132. The minimum absolute atomic E-state index is 0.0601. The minimum atomic E-state index is -1.03. The number of carboxylic acid groups (broad SMARTS) is 1. The number of benzene rings is 1. The Morgan fingerprint density at radius 1 is 1.19 bits per heavy atom. The predicted molar refractivity (Wildman–Crippen MR) is 103 cm³/mol. The summed E-state index contributed by atoms with van der Waals surface area (Å²) in [5.41, 5.74) is 2.87. The van der Waals surface area contributed by atoms with Gasteiger partial charge in [-0.3, -0.25) is 9.48 Å². The molecular weight excluding hydrogens is 342 g/mol. The maximum Gasteiger partial charge on any atom is 0.356 e. The molecular formula is C21H27N3O3. The van der Waals surface area contributed by atoms with Crippen molar-refractivity contribution in [1.82, 2.24) is 14.7 Å². The molecule has 0 fully saturated rings. The van der Waals surface area contributed by atoms with E-state index in [4.69, 9.17) is 0 Å². The standard InChI is InChI=1S/C21H27N3O3/c1-14(2)12-24-18-9-10-23(13-17(18)20(22-24)21(26)27)19(25)11-15(3)16-7-5-4-6-8-16/h4-8,14-15H,9-13H2,1-3H3,(H,26,27)/t15-/m1/s1. The number of aromatic nitrogens is 2. The maximum absolute atomic E-state index is 12.8. The van der Waals surface area contributed by atoms with Crippen LogP contribution in [0.3, 0.4) is 0 Å². The lowest BCUT2D eigenvalue weighted by Crippen LogP contribution is -2.37. The van der Waals surface area contributed by atoms with Crippen molar-refractivity contribution in [3.63, 3.8) is 0 Å². The molecule has 0 spiro atoms. The third-order valence-electron chi connectivity index (χ3n) is 5.08. The molecule has 0 unspecified atom stereocenters. The van der Waals surface area contributed by atoms with Crippen molar-refractivity contribution >= 4 is 11.9 Å². The summed E-state index contributed by atoms with van der Waals surface area (Å²) >= 11 is 0. The van der Waals surface area contributed by atoms with Crippen LogP contribution in [0.4, 0.5) is 0 Å². The highest BCUT2D eigenvalue weighted by Gasteiger charge is 2.30. The lowest BCUT2D eigenvalue weighted by atomic mass is 9.96. The number of hydrogen-bond acceptors (Lipinski definition) is 3. The minimum Gasteiger partial charge on any atom is -0.476 e. The smallest absolute Gasteiger partial charge is 0.356 e. The average molecular weight is 369 g/mol. The van der Waals surface area contributed by atoms with Gasteiger partial charge in [0, 0.05) is 43.7 Å². The highest BCUT2D eigenvalue weighted by molar-refractivity contribution is 5.88. The molecule has 144 valence electrons. The number of rotatable bonds is 6. The van der Waals surface area contributed by atoms with Crippen LogP contribution in [0.5, 0.6) is 0 Å². The first-order chi connectivity index (χ1) is 12.9. The van der Waals surface area contributed by atoms with Crippen molar-refractivity contribution in [2.24, 2.45) is 5.92 Å². The summed E-state index contributed by atoms with van der Waals surface area (Å²) in [6, 6.07) is 9.99. The largest absolute Gasteiger partial charge is 0.476 e. The molecule has 1 atom stereocenters. The van der Waals surface area contributed by atoms with E-state index in [2.05, 4.69) is 18.9 Å². The molecule has 1 aromatic heterocycles. The molecule has 2 heterocycles. The van der Waals surface area contributed by atoms with Gasteiger partial charge in [0.1, 0.15) is 0 Å². The number of aromatic carboxylic acids is 1. The first-order valence-electron chi connectivity index (χ1n) is 9.51. The van der Waals surface area contributed by atoms with Gasteiger partial charge < -0.3 is 10.0 Å². The molecule has 2 aromatic rings. The van der Waals surface area contributed by atoms with Crippen LogP contribution in [0.1, 0.15) is 60.4 Å². The summed E-state index contributed by atoms with van der Waals surface area (Å²) in [6.07, 6.45) is 1.07. The Morgan fingerprint density at radius 2 is 1.89 bits per heavy atom. The third-order valence-corrected chi connectivity index (χ3v) is 5.08. The van der Waals surface area contributed by atoms with Crippen LogP contribution in [-0.2, 0) is 24.3 Å². The number of nitrogens with zero attached hydrogens (tertiary/aromatic N) is 3. The van der Waals surface area contributed by atoms with Crippen LogP contribution in [0.2, 0.25) is 0 Å². The molecule has 0 aliphatic carbocycles. The van der Waals surface area contributed by atoms with Gasteiger partial charge in [0.15, 0.2) is 5.69 Å². The third kappa shape index (κ3) is 4.21. The molecule has 0 saturated carbocycles. The molecule has 3 rings (SSSR count). The monoisotopic (exact) mass is 369 g/mol.